The lowest BCUT2D eigenvalue weighted by Gasteiger charge is -1.92. The van der Waals surface area contributed by atoms with Gasteiger partial charge in [-0.05, 0) is 6.42 Å². The highest BCUT2D eigenvalue weighted by atomic mass is 15.3. The maximum Gasteiger partial charge on any atom is 0.154 e. The van der Waals surface area contributed by atoms with Crippen LogP contribution in [-0.2, 0) is 0 Å². The zero-order valence-corrected chi connectivity index (χ0v) is 8.57. The number of rotatable bonds is 3. The molecule has 0 aromatic carbocycles. The predicted molar refractivity (Wildman–Crippen MR) is 58.4 cm³/mol. The second kappa shape index (κ2) is 7.28. The van der Waals surface area contributed by atoms with Crippen LogP contribution in [0.5, 0.6) is 0 Å². The van der Waals surface area contributed by atoms with E-state index in [1.807, 2.05) is 33.1 Å². The molecule has 0 aliphatic carbocycles. The first kappa shape index (κ1) is 11.6. The zero-order chi connectivity index (χ0) is 10.1. The first-order valence-electron chi connectivity index (χ1n) is 4.57. The monoisotopic (exact) mass is 179 g/mol. The topological polar surface area (TPSA) is 30.2 Å². The summed E-state index contributed by atoms with van der Waals surface area (Å²) < 4.78 is 1.63. The summed E-state index contributed by atoms with van der Waals surface area (Å²) in [6.45, 7) is 9.64. The molecule has 1 rings (SSSR count). The molecule has 1 heterocycles. The van der Waals surface area contributed by atoms with Crippen LogP contribution in [0, 0.1) is 0 Å². The fraction of sp³-hybridized carbons (Fsp3) is 0.400. The van der Waals surface area contributed by atoms with E-state index in [0.717, 1.165) is 12.2 Å². The summed E-state index contributed by atoms with van der Waals surface area (Å²) in [5.74, 6) is 0.821. The van der Waals surface area contributed by atoms with E-state index in [2.05, 4.69) is 16.7 Å². The first-order valence-corrected chi connectivity index (χ1v) is 4.57. The molecule has 0 N–H and O–H groups in total. The van der Waals surface area contributed by atoms with E-state index in [-0.39, 0.29) is 0 Å². The van der Waals surface area contributed by atoms with Gasteiger partial charge in [-0.15, -0.1) is 0 Å². The van der Waals surface area contributed by atoms with Gasteiger partial charge in [-0.1, -0.05) is 27.4 Å². The largest absolute Gasteiger partial charge is 0.242 e. The van der Waals surface area contributed by atoms with Gasteiger partial charge in [-0.25, -0.2) is 9.67 Å². The molecule has 0 atom stereocenters. The maximum absolute atomic E-state index is 4.16. The van der Waals surface area contributed by atoms with E-state index >= 15 is 0 Å². The van der Waals surface area contributed by atoms with Gasteiger partial charge in [0, 0.05) is 18.5 Å². The third-order valence-corrected chi connectivity index (χ3v) is 1.23. The molecule has 0 spiro atoms. The molecule has 0 aliphatic rings. The van der Waals surface area contributed by atoms with Crippen molar-refractivity contribution < 1.29 is 0 Å². The highest BCUT2D eigenvalue weighted by molar-refractivity contribution is 5.61. The number of nitrogens with zero attached hydrogens (tertiary/aromatic N) is 3. The minimum Gasteiger partial charge on any atom is -0.242 e. The average molecular weight is 179 g/mol. The van der Waals surface area contributed by atoms with Crippen molar-refractivity contribution in [3.8, 4) is 0 Å². The van der Waals surface area contributed by atoms with Crippen molar-refractivity contribution in [1.29, 1.82) is 0 Å². The molecule has 0 saturated carbocycles. The molecule has 0 unspecified atom stereocenters. The van der Waals surface area contributed by atoms with E-state index in [0.29, 0.717) is 0 Å². The van der Waals surface area contributed by atoms with E-state index < -0.39 is 0 Å². The molecule has 0 fully saturated rings. The number of aromatic nitrogens is 2. The van der Waals surface area contributed by atoms with Gasteiger partial charge in [0.15, 0.2) is 5.82 Å². The SMILES string of the molecule is C=Cn1nccc1/N=C\CC.CC. The number of aliphatic imine (C=N–C) groups is 1. The van der Waals surface area contributed by atoms with Crippen LogP contribution >= 0.6 is 0 Å². The molecule has 72 valence electrons. The van der Waals surface area contributed by atoms with Crippen molar-refractivity contribution in [2.24, 2.45) is 4.99 Å². The molecule has 1 aromatic rings. The minimum atomic E-state index is 0.821. The Kier molecular flexibility index (Phi) is 6.51. The van der Waals surface area contributed by atoms with E-state index in [4.69, 9.17) is 0 Å². The van der Waals surface area contributed by atoms with Crippen LogP contribution in [0.4, 0.5) is 5.82 Å². The second-order valence-corrected chi connectivity index (χ2v) is 2.04. The van der Waals surface area contributed by atoms with Crippen molar-refractivity contribution >= 4 is 18.2 Å². The molecule has 13 heavy (non-hydrogen) atoms. The average Bonchev–Trinajstić information content (AvgIpc) is 2.65. The zero-order valence-electron chi connectivity index (χ0n) is 8.57. The highest BCUT2D eigenvalue weighted by Crippen LogP contribution is 2.09. The van der Waals surface area contributed by atoms with Gasteiger partial charge in [0.2, 0.25) is 0 Å². The van der Waals surface area contributed by atoms with Crippen LogP contribution in [0.3, 0.4) is 0 Å². The summed E-state index contributed by atoms with van der Waals surface area (Å²) in [5.41, 5.74) is 0. The van der Waals surface area contributed by atoms with Crippen LogP contribution in [0.25, 0.3) is 6.20 Å². The van der Waals surface area contributed by atoms with Crippen LogP contribution in [0.1, 0.15) is 27.2 Å². The van der Waals surface area contributed by atoms with Crippen LogP contribution in [0.15, 0.2) is 23.8 Å². The molecule has 3 nitrogen and oxygen atoms in total. The minimum absolute atomic E-state index is 0.821. The Morgan fingerprint density at radius 2 is 2.31 bits per heavy atom. The summed E-state index contributed by atoms with van der Waals surface area (Å²) in [6.07, 6.45) is 6.10. The Morgan fingerprint density at radius 3 is 2.85 bits per heavy atom. The molecular formula is C10H17N3. The molecule has 3 heteroatoms. The van der Waals surface area contributed by atoms with Crippen molar-refractivity contribution in [1.82, 2.24) is 9.78 Å². The molecule has 0 amide bonds. The van der Waals surface area contributed by atoms with Crippen molar-refractivity contribution in [3.05, 3.63) is 18.8 Å². The van der Waals surface area contributed by atoms with Gasteiger partial charge in [0.05, 0.1) is 6.20 Å². The molecule has 0 saturated heterocycles. The lowest BCUT2D eigenvalue weighted by molar-refractivity contribution is 0.935. The van der Waals surface area contributed by atoms with Gasteiger partial charge in [0.25, 0.3) is 0 Å². The van der Waals surface area contributed by atoms with Crippen molar-refractivity contribution in [2.75, 3.05) is 0 Å². The van der Waals surface area contributed by atoms with Crippen molar-refractivity contribution in [2.45, 2.75) is 27.2 Å². The fourth-order valence-corrected chi connectivity index (χ4v) is 0.735. The highest BCUT2D eigenvalue weighted by Gasteiger charge is 1.92. The Balaban J connectivity index is 0.000000671. The third-order valence-electron chi connectivity index (χ3n) is 1.23. The summed E-state index contributed by atoms with van der Waals surface area (Å²) in [7, 11) is 0. The van der Waals surface area contributed by atoms with Crippen LogP contribution in [0.2, 0.25) is 0 Å². The molecule has 0 aliphatic heterocycles. The standard InChI is InChI=1S/C8H11N3.C2H6/c1-3-6-9-8-5-7-10-11(8)4-2;1-2/h4-7H,2-3H2,1H3;1-2H3/b9-6-;. The quantitative estimate of drug-likeness (QED) is 0.656. The number of hydrogen-bond donors (Lipinski definition) is 0. The summed E-state index contributed by atoms with van der Waals surface area (Å²) in [4.78, 5) is 4.16. The second-order valence-electron chi connectivity index (χ2n) is 2.04. The lowest BCUT2D eigenvalue weighted by Crippen LogP contribution is -1.85. The Bertz CT molecular complexity index is 261. The van der Waals surface area contributed by atoms with Crippen LogP contribution < -0.4 is 0 Å². The van der Waals surface area contributed by atoms with Gasteiger partial charge in [-0.2, -0.15) is 5.10 Å². The van der Waals surface area contributed by atoms with Gasteiger partial charge in [0.1, 0.15) is 0 Å². The Labute approximate surface area is 79.8 Å². The van der Waals surface area contributed by atoms with Gasteiger partial charge < -0.3 is 0 Å². The molecule has 1 aromatic heterocycles. The summed E-state index contributed by atoms with van der Waals surface area (Å²) in [5, 5.41) is 3.97. The third kappa shape index (κ3) is 3.69. The maximum atomic E-state index is 4.16. The fourth-order valence-electron chi connectivity index (χ4n) is 0.735. The predicted octanol–water partition coefficient (Wildman–Crippen LogP) is 3.12. The molecule has 0 bridgehead atoms. The molecular weight excluding hydrogens is 162 g/mol. The Hall–Kier alpha value is -1.38. The van der Waals surface area contributed by atoms with E-state index in [9.17, 15) is 0 Å². The number of hydrogen-bond acceptors (Lipinski definition) is 2. The first-order chi connectivity index (χ1) is 6.38. The van der Waals surface area contributed by atoms with E-state index in [1.54, 1.807) is 17.1 Å². The van der Waals surface area contributed by atoms with Gasteiger partial charge in [-0.3, -0.25) is 0 Å². The normalized spacial score (nSPS) is 9.46. The smallest absolute Gasteiger partial charge is 0.154 e. The van der Waals surface area contributed by atoms with Crippen LogP contribution in [-0.4, -0.2) is 16.0 Å². The molecule has 0 radical (unpaired) electrons. The van der Waals surface area contributed by atoms with E-state index in [1.165, 1.54) is 0 Å². The lowest BCUT2D eigenvalue weighted by atomic mass is 10.5. The van der Waals surface area contributed by atoms with Gasteiger partial charge >= 0.3 is 0 Å². The summed E-state index contributed by atoms with van der Waals surface area (Å²) >= 11 is 0. The van der Waals surface area contributed by atoms with Crippen molar-refractivity contribution in [3.63, 3.8) is 0 Å². The summed E-state index contributed by atoms with van der Waals surface area (Å²) in [6, 6.07) is 1.84. The Morgan fingerprint density at radius 1 is 1.62 bits per heavy atom.